The topological polar surface area (TPSA) is 46.5 Å². The maximum Gasteiger partial charge on any atom is 0.330 e. The molecule has 1 N–H and O–H groups in total. The normalized spacial score (nSPS) is 10.7. The summed E-state index contributed by atoms with van der Waals surface area (Å²) in [5, 5.41) is 8.77. The zero-order valence-corrected chi connectivity index (χ0v) is 8.94. The van der Waals surface area contributed by atoms with Gasteiger partial charge in [0.1, 0.15) is 5.82 Å². The average Bonchev–Trinajstić information content (AvgIpc) is 2.27. The predicted molar refractivity (Wildman–Crippen MR) is 58.0 cm³/mol. The standard InChI is InChI=1S/C12H13FO3/c1-2-16-12(15)6-4-9-3-5-10(8-14)11(13)7-9/h3-7,14H,2,8H2,1H3. The van der Waals surface area contributed by atoms with E-state index >= 15 is 0 Å². The van der Waals surface area contributed by atoms with Crippen molar-refractivity contribution < 1.29 is 19.0 Å². The molecule has 1 aromatic carbocycles. The molecule has 86 valence electrons. The molecule has 0 radical (unpaired) electrons. The number of benzene rings is 1. The van der Waals surface area contributed by atoms with E-state index in [1.165, 1.54) is 24.3 Å². The van der Waals surface area contributed by atoms with Crippen LogP contribution in [0.25, 0.3) is 6.08 Å². The molecule has 0 aliphatic heterocycles. The minimum Gasteiger partial charge on any atom is -0.463 e. The highest BCUT2D eigenvalue weighted by atomic mass is 19.1. The van der Waals surface area contributed by atoms with Crippen molar-refractivity contribution in [3.63, 3.8) is 0 Å². The second kappa shape index (κ2) is 6.02. The summed E-state index contributed by atoms with van der Waals surface area (Å²) < 4.78 is 17.9. The molecule has 0 bridgehead atoms. The van der Waals surface area contributed by atoms with Crippen LogP contribution in [0.2, 0.25) is 0 Å². The Bertz CT molecular complexity index is 399. The molecule has 1 aromatic rings. The number of esters is 1. The van der Waals surface area contributed by atoms with Crippen molar-refractivity contribution >= 4 is 12.0 Å². The Morgan fingerprint density at radius 2 is 2.31 bits per heavy atom. The largest absolute Gasteiger partial charge is 0.463 e. The number of ether oxygens (including phenoxy) is 1. The van der Waals surface area contributed by atoms with Crippen LogP contribution in [0.1, 0.15) is 18.1 Å². The van der Waals surface area contributed by atoms with Crippen LogP contribution < -0.4 is 0 Å². The first-order valence-electron chi connectivity index (χ1n) is 4.91. The second-order valence-electron chi connectivity index (χ2n) is 3.09. The molecule has 0 spiro atoms. The summed E-state index contributed by atoms with van der Waals surface area (Å²) in [5.74, 6) is -0.956. The van der Waals surface area contributed by atoms with E-state index in [-0.39, 0.29) is 12.2 Å². The minimum absolute atomic E-state index is 0.230. The number of aliphatic hydroxyl groups is 1. The predicted octanol–water partition coefficient (Wildman–Crippen LogP) is 1.89. The van der Waals surface area contributed by atoms with Gasteiger partial charge in [-0.25, -0.2) is 9.18 Å². The zero-order chi connectivity index (χ0) is 12.0. The Kier molecular flexibility index (Phi) is 4.66. The van der Waals surface area contributed by atoms with Crippen LogP contribution in [0.4, 0.5) is 4.39 Å². The second-order valence-corrected chi connectivity index (χ2v) is 3.09. The molecule has 0 heterocycles. The summed E-state index contributed by atoms with van der Waals surface area (Å²) in [6.45, 7) is 1.68. The smallest absolute Gasteiger partial charge is 0.330 e. The van der Waals surface area contributed by atoms with Crippen LogP contribution in [0.15, 0.2) is 24.3 Å². The van der Waals surface area contributed by atoms with Crippen molar-refractivity contribution in [3.05, 3.63) is 41.2 Å². The number of hydrogen-bond acceptors (Lipinski definition) is 3. The zero-order valence-electron chi connectivity index (χ0n) is 8.94. The van der Waals surface area contributed by atoms with Gasteiger partial charge in [-0.15, -0.1) is 0 Å². The van der Waals surface area contributed by atoms with Crippen molar-refractivity contribution in [2.24, 2.45) is 0 Å². The molecule has 0 saturated carbocycles. The molecule has 3 nitrogen and oxygen atoms in total. The van der Waals surface area contributed by atoms with Crippen molar-refractivity contribution in [2.75, 3.05) is 6.61 Å². The van der Waals surface area contributed by atoms with Crippen LogP contribution in [-0.4, -0.2) is 17.7 Å². The first kappa shape index (κ1) is 12.4. The summed E-state index contributed by atoms with van der Waals surface area (Å²) in [4.78, 5) is 11.0. The maximum atomic E-state index is 13.2. The van der Waals surface area contributed by atoms with E-state index < -0.39 is 11.8 Å². The molecule has 0 fully saturated rings. The fourth-order valence-corrected chi connectivity index (χ4v) is 1.15. The summed E-state index contributed by atoms with van der Waals surface area (Å²) in [6.07, 6.45) is 2.69. The summed E-state index contributed by atoms with van der Waals surface area (Å²) in [5.41, 5.74) is 0.774. The fraction of sp³-hybridized carbons (Fsp3) is 0.250. The molecule has 0 unspecified atom stereocenters. The highest BCUT2D eigenvalue weighted by Crippen LogP contribution is 2.11. The number of hydrogen-bond donors (Lipinski definition) is 1. The van der Waals surface area contributed by atoms with Gasteiger partial charge in [0, 0.05) is 11.6 Å². The molecular weight excluding hydrogens is 211 g/mol. The van der Waals surface area contributed by atoms with Gasteiger partial charge in [0.05, 0.1) is 13.2 Å². The Labute approximate surface area is 93.2 Å². The van der Waals surface area contributed by atoms with Crippen molar-refractivity contribution in [1.29, 1.82) is 0 Å². The lowest BCUT2D eigenvalue weighted by molar-refractivity contribution is -0.137. The lowest BCUT2D eigenvalue weighted by Gasteiger charge is -2.00. The summed E-state index contributed by atoms with van der Waals surface area (Å²) >= 11 is 0. The van der Waals surface area contributed by atoms with Crippen molar-refractivity contribution in [1.82, 2.24) is 0 Å². The SMILES string of the molecule is CCOC(=O)C=Cc1ccc(CO)c(F)c1. The molecular formula is C12H13FO3. The van der Waals surface area contributed by atoms with E-state index in [0.29, 0.717) is 12.2 Å². The molecule has 0 amide bonds. The highest BCUT2D eigenvalue weighted by Gasteiger charge is 2.01. The Balaban J connectivity index is 2.75. The molecule has 0 atom stereocenters. The van der Waals surface area contributed by atoms with Crippen LogP contribution >= 0.6 is 0 Å². The number of aliphatic hydroxyl groups excluding tert-OH is 1. The van der Waals surface area contributed by atoms with E-state index in [1.807, 2.05) is 0 Å². The van der Waals surface area contributed by atoms with Gasteiger partial charge in [0.2, 0.25) is 0 Å². The Morgan fingerprint density at radius 3 is 2.88 bits per heavy atom. The van der Waals surface area contributed by atoms with E-state index in [4.69, 9.17) is 5.11 Å². The number of carbonyl (C=O) groups excluding carboxylic acids is 1. The first-order valence-corrected chi connectivity index (χ1v) is 4.91. The third-order valence-corrected chi connectivity index (χ3v) is 1.95. The van der Waals surface area contributed by atoms with Crippen LogP contribution in [-0.2, 0) is 16.1 Å². The quantitative estimate of drug-likeness (QED) is 0.627. The van der Waals surface area contributed by atoms with Gasteiger partial charge in [-0.1, -0.05) is 12.1 Å². The Hall–Kier alpha value is -1.68. The van der Waals surface area contributed by atoms with Gasteiger partial charge in [0.15, 0.2) is 0 Å². The lowest BCUT2D eigenvalue weighted by atomic mass is 10.1. The number of carbonyl (C=O) groups is 1. The summed E-state index contributed by atoms with van der Waals surface area (Å²) in [7, 11) is 0. The number of rotatable bonds is 4. The van der Waals surface area contributed by atoms with Gasteiger partial charge in [-0.3, -0.25) is 0 Å². The molecule has 4 heteroatoms. The maximum absolute atomic E-state index is 13.2. The summed E-state index contributed by atoms with van der Waals surface area (Å²) in [6, 6.07) is 4.34. The van der Waals surface area contributed by atoms with Gasteiger partial charge in [-0.2, -0.15) is 0 Å². The molecule has 0 aliphatic carbocycles. The van der Waals surface area contributed by atoms with Crippen molar-refractivity contribution in [3.8, 4) is 0 Å². The molecule has 0 aromatic heterocycles. The number of halogens is 1. The first-order chi connectivity index (χ1) is 7.67. The highest BCUT2D eigenvalue weighted by molar-refractivity contribution is 5.87. The lowest BCUT2D eigenvalue weighted by Crippen LogP contribution is -1.98. The van der Waals surface area contributed by atoms with Crippen LogP contribution in [0, 0.1) is 5.82 Å². The van der Waals surface area contributed by atoms with Crippen LogP contribution in [0.3, 0.4) is 0 Å². The molecule has 1 rings (SSSR count). The molecule has 0 aliphatic rings. The Morgan fingerprint density at radius 1 is 1.56 bits per heavy atom. The van der Waals surface area contributed by atoms with Gasteiger partial charge >= 0.3 is 5.97 Å². The van der Waals surface area contributed by atoms with E-state index in [2.05, 4.69) is 4.74 Å². The third kappa shape index (κ3) is 3.47. The van der Waals surface area contributed by atoms with E-state index in [1.54, 1.807) is 13.0 Å². The van der Waals surface area contributed by atoms with Crippen LogP contribution in [0.5, 0.6) is 0 Å². The van der Waals surface area contributed by atoms with Gasteiger partial charge in [0.25, 0.3) is 0 Å². The monoisotopic (exact) mass is 224 g/mol. The third-order valence-electron chi connectivity index (χ3n) is 1.95. The van der Waals surface area contributed by atoms with Crippen molar-refractivity contribution in [2.45, 2.75) is 13.5 Å². The molecule has 0 saturated heterocycles. The molecule has 16 heavy (non-hydrogen) atoms. The fourth-order valence-electron chi connectivity index (χ4n) is 1.15. The van der Waals surface area contributed by atoms with Gasteiger partial charge < -0.3 is 9.84 Å². The minimum atomic E-state index is -0.492. The van der Waals surface area contributed by atoms with E-state index in [0.717, 1.165) is 0 Å². The van der Waals surface area contributed by atoms with Gasteiger partial charge in [-0.05, 0) is 24.6 Å². The van der Waals surface area contributed by atoms with E-state index in [9.17, 15) is 9.18 Å². The average molecular weight is 224 g/mol.